The van der Waals surface area contributed by atoms with Gasteiger partial charge >= 0.3 is 0 Å². The lowest BCUT2D eigenvalue weighted by Crippen LogP contribution is -2.15. The molecular formula is C17H15N3OS2. The fraction of sp³-hybridized carbons (Fsp3) is 0.176. The summed E-state index contributed by atoms with van der Waals surface area (Å²) < 4.78 is 1.86. The molecule has 1 aliphatic heterocycles. The fourth-order valence-electron chi connectivity index (χ4n) is 2.66. The van der Waals surface area contributed by atoms with Gasteiger partial charge in [0, 0.05) is 17.1 Å². The van der Waals surface area contributed by atoms with Gasteiger partial charge in [0.1, 0.15) is 5.82 Å². The third-order valence-electron chi connectivity index (χ3n) is 3.78. The smallest absolute Gasteiger partial charge is 0.266 e. The summed E-state index contributed by atoms with van der Waals surface area (Å²) in [6.45, 7) is 2.06. The number of amides is 1. The van der Waals surface area contributed by atoms with E-state index in [0.29, 0.717) is 4.88 Å². The van der Waals surface area contributed by atoms with Gasteiger partial charge in [-0.25, -0.2) is 4.68 Å². The average molecular weight is 341 g/mol. The first kappa shape index (κ1) is 14.5. The van der Waals surface area contributed by atoms with Gasteiger partial charge in [0.2, 0.25) is 0 Å². The van der Waals surface area contributed by atoms with Crippen molar-refractivity contribution in [2.24, 2.45) is 0 Å². The largest absolute Gasteiger partial charge is 0.305 e. The number of nitrogens with one attached hydrogen (secondary N) is 1. The quantitative estimate of drug-likeness (QED) is 0.775. The summed E-state index contributed by atoms with van der Waals surface area (Å²) >= 11 is 3.27. The Bertz CT molecular complexity index is 868. The Kier molecular flexibility index (Phi) is 3.71. The summed E-state index contributed by atoms with van der Waals surface area (Å²) in [5.41, 5.74) is 4.35. The molecule has 3 heterocycles. The highest BCUT2D eigenvalue weighted by atomic mass is 32.2. The molecule has 0 atom stereocenters. The van der Waals surface area contributed by atoms with Crippen LogP contribution in [-0.2, 0) is 11.5 Å². The Balaban J connectivity index is 1.77. The van der Waals surface area contributed by atoms with Crippen LogP contribution in [0, 0.1) is 6.92 Å². The van der Waals surface area contributed by atoms with Crippen molar-refractivity contribution in [1.29, 1.82) is 0 Å². The first-order valence-corrected chi connectivity index (χ1v) is 9.36. The number of aryl methyl sites for hydroxylation is 1. The maximum atomic E-state index is 12.5. The highest BCUT2D eigenvalue weighted by Crippen LogP contribution is 2.36. The highest BCUT2D eigenvalue weighted by molar-refractivity contribution is 7.98. The SMILES string of the molecule is Cc1cccc(-n2nc3c(c2NC(=O)c2cccs2)CSC3)c1. The Labute approximate surface area is 142 Å². The van der Waals surface area contributed by atoms with E-state index < -0.39 is 0 Å². The van der Waals surface area contributed by atoms with E-state index in [1.807, 2.05) is 46.1 Å². The second-order valence-corrected chi connectivity index (χ2v) is 7.38. The lowest BCUT2D eigenvalue weighted by molar-refractivity contribution is 0.102. The Hall–Kier alpha value is -2.05. The topological polar surface area (TPSA) is 46.9 Å². The van der Waals surface area contributed by atoms with Crippen molar-refractivity contribution in [2.75, 3.05) is 5.32 Å². The second kappa shape index (κ2) is 5.86. The predicted octanol–water partition coefficient (Wildman–Crippen LogP) is 4.24. The molecule has 6 heteroatoms. The van der Waals surface area contributed by atoms with E-state index in [2.05, 4.69) is 24.4 Å². The van der Waals surface area contributed by atoms with Crippen molar-refractivity contribution >= 4 is 34.8 Å². The number of aromatic nitrogens is 2. The first-order chi connectivity index (χ1) is 11.2. The molecule has 1 N–H and O–H groups in total. The van der Waals surface area contributed by atoms with E-state index in [-0.39, 0.29) is 5.91 Å². The molecule has 0 fully saturated rings. The minimum Gasteiger partial charge on any atom is -0.305 e. The van der Waals surface area contributed by atoms with Gasteiger partial charge in [0.05, 0.1) is 16.3 Å². The summed E-state index contributed by atoms with van der Waals surface area (Å²) in [7, 11) is 0. The molecular weight excluding hydrogens is 326 g/mol. The van der Waals surface area contributed by atoms with Crippen LogP contribution < -0.4 is 5.32 Å². The normalized spacial score (nSPS) is 13.1. The molecule has 0 saturated heterocycles. The van der Waals surface area contributed by atoms with Crippen LogP contribution in [0.15, 0.2) is 41.8 Å². The lowest BCUT2D eigenvalue weighted by atomic mass is 10.2. The number of rotatable bonds is 3. The van der Waals surface area contributed by atoms with Crippen molar-refractivity contribution < 1.29 is 4.79 Å². The predicted molar refractivity (Wildman–Crippen MR) is 95.6 cm³/mol. The Morgan fingerprint density at radius 3 is 2.96 bits per heavy atom. The monoisotopic (exact) mass is 341 g/mol. The van der Waals surface area contributed by atoms with Crippen LogP contribution in [0.2, 0.25) is 0 Å². The van der Waals surface area contributed by atoms with Crippen LogP contribution in [0.25, 0.3) is 5.69 Å². The van der Waals surface area contributed by atoms with Crippen molar-refractivity contribution in [3.05, 3.63) is 63.5 Å². The molecule has 1 amide bonds. The van der Waals surface area contributed by atoms with Crippen molar-refractivity contribution in [1.82, 2.24) is 9.78 Å². The van der Waals surface area contributed by atoms with Crippen LogP contribution >= 0.6 is 23.1 Å². The van der Waals surface area contributed by atoms with Crippen LogP contribution in [-0.4, -0.2) is 15.7 Å². The first-order valence-electron chi connectivity index (χ1n) is 7.33. The van der Waals surface area contributed by atoms with Crippen LogP contribution in [0.4, 0.5) is 5.82 Å². The summed E-state index contributed by atoms with van der Waals surface area (Å²) in [6, 6.07) is 11.9. The van der Waals surface area contributed by atoms with Crippen molar-refractivity contribution in [3.63, 3.8) is 0 Å². The Morgan fingerprint density at radius 2 is 2.17 bits per heavy atom. The Morgan fingerprint density at radius 1 is 1.26 bits per heavy atom. The summed E-state index contributed by atoms with van der Waals surface area (Å²) in [4.78, 5) is 13.2. The number of fused-ring (bicyclic) bond motifs is 1. The van der Waals surface area contributed by atoms with Gasteiger partial charge in [-0.05, 0) is 36.1 Å². The zero-order valence-corrected chi connectivity index (χ0v) is 14.2. The van der Waals surface area contributed by atoms with Crippen molar-refractivity contribution in [2.45, 2.75) is 18.4 Å². The minimum absolute atomic E-state index is 0.0755. The molecule has 0 aliphatic carbocycles. The number of carbonyl (C=O) groups is 1. The van der Waals surface area contributed by atoms with E-state index >= 15 is 0 Å². The molecule has 4 rings (SSSR count). The minimum atomic E-state index is -0.0755. The van der Waals surface area contributed by atoms with Gasteiger partial charge < -0.3 is 5.32 Å². The van der Waals surface area contributed by atoms with Crippen LogP contribution in [0.3, 0.4) is 0 Å². The van der Waals surface area contributed by atoms with E-state index in [4.69, 9.17) is 5.10 Å². The third-order valence-corrected chi connectivity index (χ3v) is 5.61. The molecule has 4 nitrogen and oxygen atoms in total. The molecule has 0 unspecified atom stereocenters. The zero-order chi connectivity index (χ0) is 15.8. The molecule has 23 heavy (non-hydrogen) atoms. The summed E-state index contributed by atoms with van der Waals surface area (Å²) in [5, 5.41) is 9.70. The zero-order valence-electron chi connectivity index (χ0n) is 12.6. The van der Waals surface area contributed by atoms with Crippen molar-refractivity contribution in [3.8, 4) is 5.69 Å². The molecule has 3 aromatic rings. The number of carbonyl (C=O) groups excluding carboxylic acids is 1. The van der Waals surface area contributed by atoms with E-state index in [1.165, 1.54) is 16.9 Å². The summed E-state index contributed by atoms with van der Waals surface area (Å²) in [5.74, 6) is 2.51. The standard InChI is InChI=1S/C17H15N3OS2/c1-11-4-2-5-12(8-11)20-16(13-9-22-10-14(13)19-20)18-17(21)15-6-3-7-23-15/h2-8H,9-10H2,1H3,(H,18,21). The van der Waals surface area contributed by atoms with Crippen LogP contribution in [0.5, 0.6) is 0 Å². The number of nitrogens with zero attached hydrogens (tertiary/aromatic N) is 2. The van der Waals surface area contributed by atoms with Gasteiger partial charge in [-0.2, -0.15) is 16.9 Å². The number of hydrogen-bond acceptors (Lipinski definition) is 4. The average Bonchev–Trinajstić information content (AvgIpc) is 3.25. The lowest BCUT2D eigenvalue weighted by Gasteiger charge is -2.11. The number of hydrogen-bond donors (Lipinski definition) is 1. The summed E-state index contributed by atoms with van der Waals surface area (Å²) in [6.07, 6.45) is 0. The number of anilines is 1. The number of benzene rings is 1. The van der Waals surface area contributed by atoms with Gasteiger partial charge in [-0.15, -0.1) is 11.3 Å². The fourth-order valence-corrected chi connectivity index (χ4v) is 4.32. The number of thiophene rings is 1. The van der Waals surface area contributed by atoms with Gasteiger partial charge in [-0.1, -0.05) is 18.2 Å². The molecule has 2 aromatic heterocycles. The molecule has 1 aliphatic rings. The van der Waals surface area contributed by atoms with E-state index in [0.717, 1.165) is 34.3 Å². The maximum absolute atomic E-state index is 12.5. The molecule has 0 spiro atoms. The van der Waals surface area contributed by atoms with E-state index in [9.17, 15) is 4.79 Å². The van der Waals surface area contributed by atoms with Gasteiger partial charge in [0.15, 0.2) is 0 Å². The van der Waals surface area contributed by atoms with Gasteiger partial charge in [0.25, 0.3) is 5.91 Å². The van der Waals surface area contributed by atoms with Crippen LogP contribution in [0.1, 0.15) is 26.5 Å². The maximum Gasteiger partial charge on any atom is 0.266 e. The van der Waals surface area contributed by atoms with Gasteiger partial charge in [-0.3, -0.25) is 4.79 Å². The second-order valence-electron chi connectivity index (χ2n) is 5.45. The molecule has 1 aromatic carbocycles. The number of thioether (sulfide) groups is 1. The molecule has 0 bridgehead atoms. The van der Waals surface area contributed by atoms with E-state index in [1.54, 1.807) is 0 Å². The third kappa shape index (κ3) is 2.68. The highest BCUT2D eigenvalue weighted by Gasteiger charge is 2.25. The molecule has 0 saturated carbocycles. The molecule has 0 radical (unpaired) electrons. The molecule has 116 valence electrons.